The van der Waals surface area contributed by atoms with Gasteiger partial charge in [0, 0.05) is 51.8 Å². The van der Waals surface area contributed by atoms with Gasteiger partial charge in [-0.25, -0.2) is 0 Å². The van der Waals surface area contributed by atoms with Gasteiger partial charge in [0.1, 0.15) is 6.61 Å². The predicted octanol–water partition coefficient (Wildman–Crippen LogP) is 3.14. The maximum absolute atomic E-state index is 11.6. The number of amides is 2. The normalized spacial score (nSPS) is 9.28. The molecule has 0 bridgehead atoms. The van der Waals surface area contributed by atoms with Crippen LogP contribution in [0.15, 0.2) is 36.4 Å². The molecule has 8 nitrogen and oxygen atoms in total. The summed E-state index contributed by atoms with van der Waals surface area (Å²) in [5, 5.41) is 5.22. The van der Waals surface area contributed by atoms with Crippen LogP contribution in [-0.4, -0.2) is 38.3 Å². The lowest BCUT2D eigenvalue weighted by Crippen LogP contribution is -2.11. The molecule has 2 amide bonds. The van der Waals surface area contributed by atoms with E-state index in [2.05, 4.69) is 27.2 Å². The second-order valence-corrected chi connectivity index (χ2v) is 6.61. The quantitative estimate of drug-likeness (QED) is 0.422. The van der Waals surface area contributed by atoms with E-state index in [0.29, 0.717) is 28.8 Å². The zero-order valence-corrected chi connectivity index (χ0v) is 18.7. The van der Waals surface area contributed by atoms with E-state index >= 15 is 0 Å². The molecule has 0 aliphatic heterocycles. The van der Waals surface area contributed by atoms with Crippen molar-refractivity contribution in [1.29, 1.82) is 0 Å². The lowest BCUT2D eigenvalue weighted by molar-refractivity contribution is -0.142. The van der Waals surface area contributed by atoms with E-state index in [1.54, 1.807) is 38.5 Å². The van der Waals surface area contributed by atoms with Crippen molar-refractivity contribution < 1.29 is 28.7 Å². The van der Waals surface area contributed by atoms with Crippen LogP contribution in [-0.2, 0) is 30.5 Å². The van der Waals surface area contributed by atoms with Crippen molar-refractivity contribution in [3.63, 3.8) is 0 Å². The molecule has 0 atom stereocenters. The number of aldehydes is 1. The van der Waals surface area contributed by atoms with Gasteiger partial charge in [0.25, 0.3) is 0 Å². The van der Waals surface area contributed by atoms with E-state index in [-0.39, 0.29) is 30.0 Å². The maximum atomic E-state index is 11.6. The molecule has 0 aromatic heterocycles. The first-order valence-corrected chi connectivity index (χ1v) is 9.53. The Balaban J connectivity index is 0.00000161. The lowest BCUT2D eigenvalue weighted by Gasteiger charge is -2.11. The third kappa shape index (κ3) is 9.24. The number of hydrogen-bond acceptors (Lipinski definition) is 6. The zero-order valence-electron chi connectivity index (χ0n) is 18.7. The van der Waals surface area contributed by atoms with E-state index in [1.807, 2.05) is 0 Å². The van der Waals surface area contributed by atoms with E-state index in [0.717, 1.165) is 5.56 Å². The van der Waals surface area contributed by atoms with Gasteiger partial charge in [0.2, 0.25) is 11.8 Å². The first-order valence-electron chi connectivity index (χ1n) is 9.53. The standard InChI is InChI=1S/C22H20N2O5.C2H6O/c1-14(26)23-20-10-19(12-25)21(22(11-20)24-15(2)27)8-7-17-5-4-6-18(9-17)13-29-16(3)28;1-3-2/h4-6,9-12H,13H2,1-3H3,(H,23,26)(H,24,27);1-2H3. The van der Waals surface area contributed by atoms with Gasteiger partial charge in [-0.15, -0.1) is 0 Å². The molecule has 0 saturated heterocycles. The molecule has 2 aromatic rings. The third-order valence-corrected chi connectivity index (χ3v) is 3.63. The number of rotatable bonds is 5. The van der Waals surface area contributed by atoms with Gasteiger partial charge < -0.3 is 20.1 Å². The number of carbonyl (C=O) groups is 4. The molecule has 2 aromatic carbocycles. The van der Waals surface area contributed by atoms with Crippen molar-refractivity contribution in [2.24, 2.45) is 0 Å². The monoisotopic (exact) mass is 438 g/mol. The molecule has 2 N–H and O–H groups in total. The van der Waals surface area contributed by atoms with Crippen LogP contribution in [0.5, 0.6) is 0 Å². The topological polar surface area (TPSA) is 111 Å². The summed E-state index contributed by atoms with van der Waals surface area (Å²) in [6.07, 6.45) is 0.609. The van der Waals surface area contributed by atoms with Gasteiger partial charge in [-0.05, 0) is 29.8 Å². The summed E-state index contributed by atoms with van der Waals surface area (Å²) in [5.74, 6) is 4.84. The summed E-state index contributed by atoms with van der Waals surface area (Å²) >= 11 is 0. The van der Waals surface area contributed by atoms with E-state index in [4.69, 9.17) is 4.74 Å². The van der Waals surface area contributed by atoms with Crippen molar-refractivity contribution >= 4 is 35.4 Å². The number of nitrogens with one attached hydrogen (secondary N) is 2. The van der Waals surface area contributed by atoms with Gasteiger partial charge in [-0.1, -0.05) is 24.0 Å². The highest BCUT2D eigenvalue weighted by Crippen LogP contribution is 2.24. The van der Waals surface area contributed by atoms with Gasteiger partial charge in [-0.3, -0.25) is 19.2 Å². The minimum Gasteiger partial charge on any atom is -0.461 e. The van der Waals surface area contributed by atoms with Gasteiger partial charge in [0.15, 0.2) is 6.29 Å². The van der Waals surface area contributed by atoms with Crippen LogP contribution in [0, 0.1) is 11.8 Å². The molecule has 0 saturated carbocycles. The average Bonchev–Trinajstić information content (AvgIpc) is 2.71. The molecular formula is C24H26N2O6. The Bertz CT molecular complexity index is 1050. The molecule has 0 unspecified atom stereocenters. The third-order valence-electron chi connectivity index (χ3n) is 3.63. The average molecular weight is 438 g/mol. The summed E-state index contributed by atoms with van der Waals surface area (Å²) in [6, 6.07) is 10.1. The molecule has 2 rings (SSSR count). The number of methoxy groups -OCH3 is 1. The molecule has 0 heterocycles. The van der Waals surface area contributed by atoms with Crippen LogP contribution in [0.25, 0.3) is 0 Å². The summed E-state index contributed by atoms with van der Waals surface area (Å²) < 4.78 is 9.22. The number of hydrogen-bond donors (Lipinski definition) is 2. The summed E-state index contributed by atoms with van der Waals surface area (Å²) in [7, 11) is 3.25. The number of carbonyl (C=O) groups excluding carboxylic acids is 4. The second-order valence-electron chi connectivity index (χ2n) is 6.61. The number of anilines is 2. The van der Waals surface area contributed by atoms with Gasteiger partial charge in [-0.2, -0.15) is 0 Å². The first-order chi connectivity index (χ1) is 15.2. The molecule has 168 valence electrons. The first kappa shape index (κ1) is 26.1. The molecule has 0 radical (unpaired) electrons. The smallest absolute Gasteiger partial charge is 0.302 e. The highest BCUT2D eigenvalue weighted by Gasteiger charge is 2.11. The van der Waals surface area contributed by atoms with Crippen molar-refractivity contribution in [2.45, 2.75) is 27.4 Å². The molecule has 0 aliphatic carbocycles. The zero-order chi connectivity index (χ0) is 24.1. The van der Waals surface area contributed by atoms with Crippen LogP contribution >= 0.6 is 0 Å². The van der Waals surface area contributed by atoms with Crippen molar-refractivity contribution in [1.82, 2.24) is 0 Å². The molecule has 32 heavy (non-hydrogen) atoms. The fraction of sp³-hybridized carbons (Fsp3) is 0.250. The highest BCUT2D eigenvalue weighted by atomic mass is 16.5. The number of benzene rings is 2. The molecule has 0 aliphatic rings. The van der Waals surface area contributed by atoms with Gasteiger partial charge >= 0.3 is 5.97 Å². The maximum Gasteiger partial charge on any atom is 0.302 e. The Morgan fingerprint density at radius 2 is 1.62 bits per heavy atom. The van der Waals surface area contributed by atoms with Gasteiger partial charge in [0.05, 0.1) is 11.3 Å². The van der Waals surface area contributed by atoms with Crippen LogP contribution in [0.2, 0.25) is 0 Å². The van der Waals surface area contributed by atoms with Crippen LogP contribution in [0.1, 0.15) is 47.8 Å². The summed E-state index contributed by atoms with van der Waals surface area (Å²) in [6.45, 7) is 4.14. The predicted molar refractivity (Wildman–Crippen MR) is 121 cm³/mol. The van der Waals surface area contributed by atoms with Crippen LogP contribution < -0.4 is 10.6 Å². The Kier molecular flexibility index (Phi) is 10.9. The number of esters is 1. The van der Waals surface area contributed by atoms with E-state index in [1.165, 1.54) is 32.9 Å². The second kappa shape index (κ2) is 13.4. The largest absolute Gasteiger partial charge is 0.461 e. The fourth-order valence-electron chi connectivity index (χ4n) is 2.52. The van der Waals surface area contributed by atoms with Crippen molar-refractivity contribution in [3.05, 3.63) is 58.7 Å². The molecule has 8 heteroatoms. The minimum absolute atomic E-state index is 0.132. The fourth-order valence-corrected chi connectivity index (χ4v) is 2.52. The van der Waals surface area contributed by atoms with E-state index in [9.17, 15) is 19.2 Å². The van der Waals surface area contributed by atoms with E-state index < -0.39 is 0 Å². The summed E-state index contributed by atoms with van der Waals surface area (Å²) in [4.78, 5) is 45.4. The molecule has 0 spiro atoms. The lowest BCUT2D eigenvalue weighted by atomic mass is 10.0. The number of ether oxygens (including phenoxy) is 2. The highest BCUT2D eigenvalue weighted by molar-refractivity contribution is 5.97. The Morgan fingerprint density at radius 3 is 2.19 bits per heavy atom. The Hall–Kier alpha value is -3.96. The van der Waals surface area contributed by atoms with Crippen LogP contribution in [0.4, 0.5) is 11.4 Å². The molecular weight excluding hydrogens is 412 g/mol. The van der Waals surface area contributed by atoms with Crippen molar-refractivity contribution in [3.8, 4) is 11.8 Å². The Labute approximate surface area is 187 Å². The van der Waals surface area contributed by atoms with Crippen LogP contribution in [0.3, 0.4) is 0 Å². The minimum atomic E-state index is -0.378. The molecule has 0 fully saturated rings. The Morgan fingerprint density at radius 1 is 0.969 bits per heavy atom. The SMILES string of the molecule is CC(=O)Nc1cc(C=O)c(C#Cc2cccc(COC(C)=O)c2)c(NC(C)=O)c1.COC. The summed E-state index contributed by atoms with van der Waals surface area (Å²) in [5.41, 5.74) is 2.65. The van der Waals surface area contributed by atoms with Crippen molar-refractivity contribution in [2.75, 3.05) is 24.9 Å².